The molecule has 0 radical (unpaired) electrons. The highest BCUT2D eigenvalue weighted by Crippen LogP contribution is 2.20. The summed E-state index contributed by atoms with van der Waals surface area (Å²) in [6, 6.07) is 15.0. The Morgan fingerprint density at radius 3 is 2.57 bits per heavy atom. The first-order valence-electron chi connectivity index (χ1n) is 7.03. The summed E-state index contributed by atoms with van der Waals surface area (Å²) >= 11 is 11.3. The molecule has 0 aliphatic rings. The molecule has 2 N–H and O–H groups in total. The topological polar surface area (TPSA) is 52.6 Å². The highest BCUT2D eigenvalue weighted by molar-refractivity contribution is 7.80. The van der Waals surface area contributed by atoms with Gasteiger partial charge in [-0.1, -0.05) is 41.9 Å². The van der Waals surface area contributed by atoms with Crippen LogP contribution in [0.2, 0.25) is 5.02 Å². The molecule has 6 heteroatoms. The summed E-state index contributed by atoms with van der Waals surface area (Å²) in [5.41, 5.74) is 2.74. The Bertz CT molecular complexity index is 707. The lowest BCUT2D eigenvalue weighted by Crippen LogP contribution is -2.38. The van der Waals surface area contributed by atoms with Crippen molar-refractivity contribution in [3.05, 3.63) is 64.7 Å². The molecule has 0 unspecified atom stereocenters. The molecule has 2 aromatic carbocycles. The Morgan fingerprint density at radius 1 is 1.26 bits per heavy atom. The Morgan fingerprint density at radius 2 is 1.96 bits per heavy atom. The van der Waals surface area contributed by atoms with Gasteiger partial charge in [-0.3, -0.25) is 4.79 Å². The molecule has 0 spiro atoms. The third-order valence-corrected chi connectivity index (χ3v) is 3.86. The molecule has 2 aromatic rings. The lowest BCUT2D eigenvalue weighted by Gasteiger charge is -2.25. The molecule has 23 heavy (non-hydrogen) atoms. The molecule has 0 saturated heterocycles. The third-order valence-electron chi connectivity index (χ3n) is 3.26. The molecule has 0 amide bonds. The molecule has 2 rings (SSSR count). The van der Waals surface area contributed by atoms with E-state index in [1.807, 2.05) is 49.4 Å². The first-order valence-corrected chi connectivity index (χ1v) is 7.82. The standard InChI is InChI=1S/C17H17ClN2O2S/c1-12-9-14(18)7-8-15(12)19-17(23)20(11-16(21)22)10-13-5-3-2-4-6-13/h2-9H,10-11H2,1H3,(H,19,23)(H,21,22). The van der Waals surface area contributed by atoms with Gasteiger partial charge in [0.05, 0.1) is 0 Å². The third kappa shape index (κ3) is 5.23. The second-order valence-corrected chi connectivity index (χ2v) is 5.95. The minimum atomic E-state index is -0.932. The number of nitrogens with one attached hydrogen (secondary N) is 1. The monoisotopic (exact) mass is 348 g/mol. The van der Waals surface area contributed by atoms with Crippen molar-refractivity contribution in [1.82, 2.24) is 4.90 Å². The average molecular weight is 349 g/mol. The number of nitrogens with zero attached hydrogens (tertiary/aromatic N) is 1. The van der Waals surface area contributed by atoms with E-state index in [0.717, 1.165) is 16.8 Å². The normalized spacial score (nSPS) is 10.2. The number of hydrogen-bond donors (Lipinski definition) is 2. The molecule has 0 atom stereocenters. The second kappa shape index (κ2) is 7.94. The number of carboxylic acids is 1. The summed E-state index contributed by atoms with van der Waals surface area (Å²) in [5.74, 6) is -0.932. The molecule has 0 aliphatic heterocycles. The van der Waals surface area contributed by atoms with Gasteiger partial charge in [0.2, 0.25) is 0 Å². The van der Waals surface area contributed by atoms with Gasteiger partial charge in [-0.2, -0.15) is 0 Å². The number of rotatable bonds is 5. The molecule has 0 aliphatic carbocycles. The van der Waals surface area contributed by atoms with Crippen LogP contribution in [0, 0.1) is 6.92 Å². The number of halogens is 1. The fourth-order valence-corrected chi connectivity index (χ4v) is 2.59. The molecule has 0 aromatic heterocycles. The van der Waals surface area contributed by atoms with Crippen LogP contribution in [0.1, 0.15) is 11.1 Å². The number of hydrogen-bond acceptors (Lipinski definition) is 2. The zero-order chi connectivity index (χ0) is 16.8. The van der Waals surface area contributed by atoms with Crippen LogP contribution in [0.3, 0.4) is 0 Å². The maximum absolute atomic E-state index is 11.1. The maximum atomic E-state index is 11.1. The van der Waals surface area contributed by atoms with Gasteiger partial charge in [0.15, 0.2) is 5.11 Å². The van der Waals surface area contributed by atoms with Crippen molar-refractivity contribution in [3.63, 3.8) is 0 Å². The largest absolute Gasteiger partial charge is 0.480 e. The number of carbonyl (C=O) groups is 1. The SMILES string of the molecule is Cc1cc(Cl)ccc1NC(=S)N(CC(=O)O)Cc1ccccc1. The van der Waals surface area contributed by atoms with Crippen molar-refractivity contribution in [2.24, 2.45) is 0 Å². The molecule has 0 bridgehead atoms. The summed E-state index contributed by atoms with van der Waals surface area (Å²) < 4.78 is 0. The van der Waals surface area contributed by atoms with Crippen LogP contribution in [-0.2, 0) is 11.3 Å². The summed E-state index contributed by atoms with van der Waals surface area (Å²) in [4.78, 5) is 12.7. The molecule has 0 fully saturated rings. The van der Waals surface area contributed by atoms with Crippen molar-refractivity contribution < 1.29 is 9.90 Å². The maximum Gasteiger partial charge on any atom is 0.323 e. The number of anilines is 1. The van der Waals surface area contributed by atoms with Crippen LogP contribution in [-0.4, -0.2) is 27.6 Å². The first-order chi connectivity index (χ1) is 11.0. The van der Waals surface area contributed by atoms with Crippen LogP contribution in [0.25, 0.3) is 0 Å². The number of thiocarbonyl (C=S) groups is 1. The van der Waals surface area contributed by atoms with Gasteiger partial charge in [-0.25, -0.2) is 0 Å². The predicted molar refractivity (Wildman–Crippen MR) is 96.9 cm³/mol. The summed E-state index contributed by atoms with van der Waals surface area (Å²) in [6.45, 7) is 2.16. The average Bonchev–Trinajstić information content (AvgIpc) is 2.50. The molecule has 0 saturated carbocycles. The molecule has 4 nitrogen and oxygen atoms in total. The van der Waals surface area contributed by atoms with E-state index >= 15 is 0 Å². The van der Waals surface area contributed by atoms with Crippen molar-refractivity contribution >= 4 is 40.6 Å². The second-order valence-electron chi connectivity index (χ2n) is 5.12. The van der Waals surface area contributed by atoms with E-state index in [9.17, 15) is 4.79 Å². The van der Waals surface area contributed by atoms with Gasteiger partial charge in [0.25, 0.3) is 0 Å². The Kier molecular flexibility index (Phi) is 5.96. The molecular formula is C17H17ClN2O2S. The summed E-state index contributed by atoms with van der Waals surface area (Å²) in [7, 11) is 0. The van der Waals surface area contributed by atoms with Crippen LogP contribution in [0.15, 0.2) is 48.5 Å². The van der Waals surface area contributed by atoms with E-state index in [-0.39, 0.29) is 6.54 Å². The smallest absolute Gasteiger partial charge is 0.323 e. The van der Waals surface area contributed by atoms with Crippen molar-refractivity contribution in [1.29, 1.82) is 0 Å². The lowest BCUT2D eigenvalue weighted by atomic mass is 10.2. The van der Waals surface area contributed by atoms with E-state index in [0.29, 0.717) is 16.7 Å². The van der Waals surface area contributed by atoms with Gasteiger partial charge in [-0.05, 0) is 48.5 Å². The summed E-state index contributed by atoms with van der Waals surface area (Å²) in [6.07, 6.45) is 0. The van der Waals surface area contributed by atoms with Gasteiger partial charge < -0.3 is 15.3 Å². The van der Waals surface area contributed by atoms with Crippen molar-refractivity contribution in [2.75, 3.05) is 11.9 Å². The van der Waals surface area contributed by atoms with Crippen molar-refractivity contribution in [3.8, 4) is 0 Å². The fraction of sp³-hybridized carbons (Fsp3) is 0.176. The van der Waals surface area contributed by atoms with E-state index in [2.05, 4.69) is 5.32 Å². The highest BCUT2D eigenvalue weighted by Gasteiger charge is 2.15. The summed E-state index contributed by atoms with van der Waals surface area (Å²) in [5, 5.41) is 13.2. The zero-order valence-electron chi connectivity index (χ0n) is 12.6. The van der Waals surface area contributed by atoms with Crippen LogP contribution < -0.4 is 5.32 Å². The van der Waals surface area contributed by atoms with Crippen LogP contribution in [0.5, 0.6) is 0 Å². The van der Waals surface area contributed by atoms with Crippen LogP contribution in [0.4, 0.5) is 5.69 Å². The molecular weight excluding hydrogens is 332 g/mol. The minimum absolute atomic E-state index is 0.173. The number of benzene rings is 2. The number of carboxylic acid groups (broad SMARTS) is 1. The molecule has 120 valence electrons. The Balaban J connectivity index is 2.14. The lowest BCUT2D eigenvalue weighted by molar-refractivity contribution is -0.137. The van der Waals surface area contributed by atoms with Gasteiger partial charge in [0, 0.05) is 17.3 Å². The Labute approximate surface area is 145 Å². The van der Waals surface area contributed by atoms with E-state index in [1.165, 1.54) is 0 Å². The predicted octanol–water partition coefficient (Wildman–Crippen LogP) is 3.93. The quantitative estimate of drug-likeness (QED) is 0.802. The van der Waals surface area contributed by atoms with E-state index in [1.54, 1.807) is 11.0 Å². The fourth-order valence-electron chi connectivity index (χ4n) is 2.13. The highest BCUT2D eigenvalue weighted by atomic mass is 35.5. The van der Waals surface area contributed by atoms with E-state index < -0.39 is 5.97 Å². The van der Waals surface area contributed by atoms with Gasteiger partial charge in [0.1, 0.15) is 6.54 Å². The zero-order valence-corrected chi connectivity index (χ0v) is 14.2. The minimum Gasteiger partial charge on any atom is -0.480 e. The number of aliphatic carboxylic acids is 1. The van der Waals surface area contributed by atoms with E-state index in [4.69, 9.17) is 28.9 Å². The van der Waals surface area contributed by atoms with Crippen LogP contribution >= 0.6 is 23.8 Å². The Hall–Kier alpha value is -2.11. The first kappa shape index (κ1) is 17.2. The van der Waals surface area contributed by atoms with Gasteiger partial charge in [-0.15, -0.1) is 0 Å². The molecule has 0 heterocycles. The number of aryl methyl sites for hydroxylation is 1. The van der Waals surface area contributed by atoms with Gasteiger partial charge >= 0.3 is 5.97 Å². The van der Waals surface area contributed by atoms with Crippen molar-refractivity contribution in [2.45, 2.75) is 13.5 Å².